The topological polar surface area (TPSA) is 46.5 Å². The van der Waals surface area contributed by atoms with E-state index < -0.39 is 5.97 Å². The van der Waals surface area contributed by atoms with Crippen molar-refractivity contribution < 1.29 is 14.6 Å². The number of carboxylic acid groups (broad SMARTS) is 1. The number of benzene rings is 2. The van der Waals surface area contributed by atoms with Crippen molar-refractivity contribution in [3.63, 3.8) is 0 Å². The zero-order chi connectivity index (χ0) is 20.7. The Bertz CT molecular complexity index is 689. The van der Waals surface area contributed by atoms with Crippen LogP contribution in [0, 0.1) is 0 Å². The SMILES string of the molecule is CCCCCCCCCCCCCOc1ccc(-c2ccc(C(=O)O)cc2)cc1. The molecular weight excluding hydrogens is 360 g/mol. The quantitative estimate of drug-likeness (QED) is 0.313. The third-order valence-corrected chi connectivity index (χ3v) is 5.34. The summed E-state index contributed by atoms with van der Waals surface area (Å²) in [5.41, 5.74) is 2.37. The number of carboxylic acids is 1. The van der Waals surface area contributed by atoms with E-state index in [9.17, 15) is 4.79 Å². The lowest BCUT2D eigenvalue weighted by atomic mass is 10.0. The molecule has 0 saturated carbocycles. The normalized spacial score (nSPS) is 10.8. The summed E-state index contributed by atoms with van der Waals surface area (Å²) < 4.78 is 5.85. The second kappa shape index (κ2) is 13.8. The van der Waals surface area contributed by atoms with Gasteiger partial charge in [-0.05, 0) is 41.8 Å². The molecule has 0 fully saturated rings. The smallest absolute Gasteiger partial charge is 0.335 e. The molecule has 0 radical (unpaired) electrons. The van der Waals surface area contributed by atoms with E-state index in [4.69, 9.17) is 9.84 Å². The average Bonchev–Trinajstić information content (AvgIpc) is 2.75. The molecule has 29 heavy (non-hydrogen) atoms. The number of unbranched alkanes of at least 4 members (excludes halogenated alkanes) is 10. The van der Waals surface area contributed by atoms with Crippen LogP contribution in [-0.2, 0) is 0 Å². The Labute approximate surface area is 176 Å². The fourth-order valence-electron chi connectivity index (χ4n) is 3.51. The molecule has 0 unspecified atom stereocenters. The number of ether oxygens (including phenoxy) is 1. The number of hydrogen-bond donors (Lipinski definition) is 1. The molecule has 2 rings (SSSR count). The van der Waals surface area contributed by atoms with E-state index in [2.05, 4.69) is 6.92 Å². The van der Waals surface area contributed by atoms with Gasteiger partial charge in [0.2, 0.25) is 0 Å². The van der Waals surface area contributed by atoms with Crippen molar-refractivity contribution >= 4 is 5.97 Å². The maximum atomic E-state index is 10.9. The molecule has 0 bridgehead atoms. The van der Waals surface area contributed by atoms with Gasteiger partial charge in [0, 0.05) is 0 Å². The first-order valence-corrected chi connectivity index (χ1v) is 11.3. The molecule has 0 spiro atoms. The lowest BCUT2D eigenvalue weighted by Gasteiger charge is -2.08. The van der Waals surface area contributed by atoms with Gasteiger partial charge in [0.05, 0.1) is 12.2 Å². The highest BCUT2D eigenvalue weighted by atomic mass is 16.5. The zero-order valence-corrected chi connectivity index (χ0v) is 17.9. The Morgan fingerprint density at radius 1 is 0.690 bits per heavy atom. The highest BCUT2D eigenvalue weighted by molar-refractivity contribution is 5.88. The molecule has 0 heterocycles. The molecule has 0 aromatic heterocycles. The predicted octanol–water partition coefficient (Wildman–Crippen LogP) is 7.74. The number of rotatable bonds is 15. The second-order valence-corrected chi connectivity index (χ2v) is 7.79. The van der Waals surface area contributed by atoms with Gasteiger partial charge in [0.25, 0.3) is 0 Å². The molecule has 158 valence electrons. The minimum absolute atomic E-state index is 0.306. The lowest BCUT2D eigenvalue weighted by Crippen LogP contribution is -1.97. The molecule has 0 saturated heterocycles. The van der Waals surface area contributed by atoms with Crippen molar-refractivity contribution in [2.24, 2.45) is 0 Å². The minimum Gasteiger partial charge on any atom is -0.494 e. The Morgan fingerprint density at radius 2 is 1.14 bits per heavy atom. The van der Waals surface area contributed by atoms with Gasteiger partial charge >= 0.3 is 5.97 Å². The summed E-state index contributed by atoms with van der Waals surface area (Å²) in [6.07, 6.45) is 14.7. The molecule has 0 aliphatic carbocycles. The van der Waals surface area contributed by atoms with Crippen LogP contribution in [0.3, 0.4) is 0 Å². The van der Waals surface area contributed by atoms with E-state index in [0.717, 1.165) is 29.9 Å². The van der Waals surface area contributed by atoms with Crippen LogP contribution in [0.1, 0.15) is 87.9 Å². The van der Waals surface area contributed by atoms with Crippen molar-refractivity contribution in [2.75, 3.05) is 6.61 Å². The second-order valence-electron chi connectivity index (χ2n) is 7.79. The highest BCUT2D eigenvalue weighted by Crippen LogP contribution is 2.23. The average molecular weight is 397 g/mol. The monoisotopic (exact) mass is 396 g/mol. The molecule has 2 aromatic rings. The van der Waals surface area contributed by atoms with E-state index in [1.165, 1.54) is 64.2 Å². The van der Waals surface area contributed by atoms with Crippen LogP contribution >= 0.6 is 0 Å². The zero-order valence-electron chi connectivity index (χ0n) is 17.9. The van der Waals surface area contributed by atoms with Crippen LogP contribution in [0.15, 0.2) is 48.5 Å². The van der Waals surface area contributed by atoms with Crippen molar-refractivity contribution in [2.45, 2.75) is 77.6 Å². The molecule has 0 aliphatic heterocycles. The van der Waals surface area contributed by atoms with Crippen molar-refractivity contribution in [1.82, 2.24) is 0 Å². The summed E-state index contributed by atoms with van der Waals surface area (Å²) >= 11 is 0. The van der Waals surface area contributed by atoms with Crippen molar-refractivity contribution in [1.29, 1.82) is 0 Å². The van der Waals surface area contributed by atoms with E-state index in [0.29, 0.717) is 5.56 Å². The molecule has 2 aromatic carbocycles. The van der Waals surface area contributed by atoms with E-state index in [1.807, 2.05) is 36.4 Å². The largest absolute Gasteiger partial charge is 0.494 e. The number of hydrogen-bond acceptors (Lipinski definition) is 2. The molecule has 0 amide bonds. The maximum Gasteiger partial charge on any atom is 0.335 e. The van der Waals surface area contributed by atoms with Gasteiger partial charge in [0.15, 0.2) is 0 Å². The number of carbonyl (C=O) groups is 1. The van der Waals surface area contributed by atoms with Crippen LogP contribution < -0.4 is 4.74 Å². The Balaban J connectivity index is 1.55. The van der Waals surface area contributed by atoms with Crippen molar-refractivity contribution in [3.05, 3.63) is 54.1 Å². The first-order chi connectivity index (χ1) is 14.2. The van der Waals surface area contributed by atoms with E-state index >= 15 is 0 Å². The van der Waals surface area contributed by atoms with Crippen LogP contribution in [0.4, 0.5) is 0 Å². The molecular formula is C26H36O3. The standard InChI is InChI=1S/C26H36O3/c1-2-3-4-5-6-7-8-9-10-11-12-21-29-25-19-17-23(18-20-25)22-13-15-24(16-14-22)26(27)28/h13-20H,2-12,21H2,1H3,(H,27,28). The Morgan fingerprint density at radius 3 is 1.62 bits per heavy atom. The first-order valence-electron chi connectivity index (χ1n) is 11.3. The molecule has 3 nitrogen and oxygen atoms in total. The van der Waals surface area contributed by atoms with E-state index in [1.54, 1.807) is 12.1 Å². The van der Waals surface area contributed by atoms with E-state index in [-0.39, 0.29) is 0 Å². The lowest BCUT2D eigenvalue weighted by molar-refractivity contribution is 0.0697. The van der Waals surface area contributed by atoms with Gasteiger partial charge in [-0.25, -0.2) is 4.79 Å². The van der Waals surface area contributed by atoms with Gasteiger partial charge in [0.1, 0.15) is 5.75 Å². The summed E-state index contributed by atoms with van der Waals surface area (Å²) in [5.74, 6) is -0.00862. The maximum absolute atomic E-state index is 10.9. The summed E-state index contributed by atoms with van der Waals surface area (Å²) in [5, 5.41) is 8.98. The fourth-order valence-corrected chi connectivity index (χ4v) is 3.51. The Kier molecular flexibility index (Phi) is 11.0. The van der Waals surface area contributed by atoms with Crippen LogP contribution in [0.2, 0.25) is 0 Å². The summed E-state index contributed by atoms with van der Waals surface area (Å²) in [4.78, 5) is 10.9. The van der Waals surface area contributed by atoms with Crippen LogP contribution in [0.5, 0.6) is 5.75 Å². The van der Waals surface area contributed by atoms with Crippen LogP contribution in [-0.4, -0.2) is 17.7 Å². The van der Waals surface area contributed by atoms with Gasteiger partial charge in [-0.2, -0.15) is 0 Å². The molecule has 1 N–H and O–H groups in total. The summed E-state index contributed by atoms with van der Waals surface area (Å²) in [6, 6.07) is 15.0. The third kappa shape index (κ3) is 9.17. The summed E-state index contributed by atoms with van der Waals surface area (Å²) in [7, 11) is 0. The number of aromatic carboxylic acids is 1. The Hall–Kier alpha value is -2.29. The van der Waals surface area contributed by atoms with Gasteiger partial charge < -0.3 is 9.84 Å². The first kappa shape index (κ1) is 23.0. The van der Waals surface area contributed by atoms with Gasteiger partial charge in [-0.15, -0.1) is 0 Å². The van der Waals surface area contributed by atoms with Crippen LogP contribution in [0.25, 0.3) is 11.1 Å². The fraction of sp³-hybridized carbons (Fsp3) is 0.500. The molecule has 0 atom stereocenters. The molecule has 3 heteroatoms. The van der Waals surface area contributed by atoms with Gasteiger partial charge in [-0.1, -0.05) is 95.4 Å². The molecule has 0 aliphatic rings. The summed E-state index contributed by atoms with van der Waals surface area (Å²) in [6.45, 7) is 3.03. The van der Waals surface area contributed by atoms with Crippen molar-refractivity contribution in [3.8, 4) is 16.9 Å². The third-order valence-electron chi connectivity index (χ3n) is 5.34. The van der Waals surface area contributed by atoms with Gasteiger partial charge in [-0.3, -0.25) is 0 Å². The minimum atomic E-state index is -0.900. The predicted molar refractivity (Wildman–Crippen MR) is 121 cm³/mol. The highest BCUT2D eigenvalue weighted by Gasteiger charge is 2.03.